The molecule has 0 saturated carbocycles. The zero-order valence-corrected chi connectivity index (χ0v) is 10.7. The van der Waals surface area contributed by atoms with Crippen LogP contribution in [0.25, 0.3) is 0 Å². The van der Waals surface area contributed by atoms with Gasteiger partial charge in [0.15, 0.2) is 0 Å². The molecule has 2 heterocycles. The smallest absolute Gasteiger partial charge is 0.240 e. The monoisotopic (exact) mass is 246 g/mol. The SMILES string of the molecule is CN(C(=O)C1CSCCN1)C1CCSC1. The molecule has 5 heteroatoms. The first kappa shape index (κ1) is 11.6. The molecule has 1 N–H and O–H groups in total. The number of likely N-dealkylation sites (N-methyl/N-ethyl adjacent to an activating group) is 1. The first-order valence-electron chi connectivity index (χ1n) is 5.44. The number of nitrogens with zero attached hydrogens (tertiary/aromatic N) is 1. The first-order chi connectivity index (χ1) is 7.29. The molecule has 3 nitrogen and oxygen atoms in total. The number of carbonyl (C=O) groups is 1. The van der Waals surface area contributed by atoms with Gasteiger partial charge >= 0.3 is 0 Å². The normalized spacial score (nSPS) is 31.5. The second-order valence-electron chi connectivity index (χ2n) is 4.05. The van der Waals surface area contributed by atoms with E-state index >= 15 is 0 Å². The van der Waals surface area contributed by atoms with Gasteiger partial charge < -0.3 is 10.2 Å². The maximum Gasteiger partial charge on any atom is 0.240 e. The molecular weight excluding hydrogens is 228 g/mol. The van der Waals surface area contributed by atoms with E-state index in [4.69, 9.17) is 0 Å². The van der Waals surface area contributed by atoms with Gasteiger partial charge in [0, 0.05) is 36.9 Å². The third-order valence-corrected chi connectivity index (χ3v) is 5.23. The van der Waals surface area contributed by atoms with Crippen molar-refractivity contribution in [2.45, 2.75) is 18.5 Å². The summed E-state index contributed by atoms with van der Waals surface area (Å²) >= 11 is 3.83. The number of rotatable bonds is 2. The molecule has 15 heavy (non-hydrogen) atoms. The fraction of sp³-hybridized carbons (Fsp3) is 0.900. The number of carbonyl (C=O) groups excluding carboxylic acids is 1. The van der Waals surface area contributed by atoms with Crippen molar-refractivity contribution in [3.8, 4) is 0 Å². The second kappa shape index (κ2) is 5.46. The Kier molecular flexibility index (Phi) is 4.22. The molecule has 0 radical (unpaired) electrons. The third kappa shape index (κ3) is 2.82. The third-order valence-electron chi connectivity index (χ3n) is 3.02. The van der Waals surface area contributed by atoms with E-state index in [0.29, 0.717) is 6.04 Å². The second-order valence-corrected chi connectivity index (χ2v) is 6.35. The highest BCUT2D eigenvalue weighted by molar-refractivity contribution is 7.99. The van der Waals surface area contributed by atoms with E-state index in [1.807, 2.05) is 35.5 Å². The fourth-order valence-electron chi connectivity index (χ4n) is 1.98. The number of hydrogen-bond donors (Lipinski definition) is 1. The van der Waals surface area contributed by atoms with Gasteiger partial charge in [-0.25, -0.2) is 0 Å². The van der Waals surface area contributed by atoms with Crippen molar-refractivity contribution < 1.29 is 4.79 Å². The van der Waals surface area contributed by atoms with Crippen LogP contribution in [-0.4, -0.2) is 59.5 Å². The predicted molar refractivity (Wildman–Crippen MR) is 67.6 cm³/mol. The molecule has 0 aromatic rings. The van der Waals surface area contributed by atoms with E-state index in [2.05, 4.69) is 5.32 Å². The van der Waals surface area contributed by atoms with E-state index in [1.165, 1.54) is 5.75 Å². The molecule has 0 aliphatic carbocycles. The Morgan fingerprint density at radius 2 is 2.13 bits per heavy atom. The highest BCUT2D eigenvalue weighted by atomic mass is 32.2. The van der Waals surface area contributed by atoms with Crippen molar-refractivity contribution in [2.24, 2.45) is 0 Å². The molecule has 2 unspecified atom stereocenters. The summed E-state index contributed by atoms with van der Waals surface area (Å²) in [4.78, 5) is 14.1. The summed E-state index contributed by atoms with van der Waals surface area (Å²) in [7, 11) is 1.96. The number of thioether (sulfide) groups is 2. The molecule has 0 spiro atoms. The largest absolute Gasteiger partial charge is 0.341 e. The van der Waals surface area contributed by atoms with Gasteiger partial charge in [-0.2, -0.15) is 23.5 Å². The minimum absolute atomic E-state index is 0.0550. The summed E-state index contributed by atoms with van der Waals surface area (Å²) in [6, 6.07) is 0.524. The molecule has 0 aromatic heterocycles. The molecule has 2 saturated heterocycles. The molecule has 2 aliphatic rings. The molecular formula is C10H18N2OS2. The topological polar surface area (TPSA) is 32.3 Å². The van der Waals surface area contributed by atoms with E-state index in [9.17, 15) is 4.79 Å². The minimum atomic E-state index is 0.0550. The highest BCUT2D eigenvalue weighted by Gasteiger charge is 2.29. The Balaban J connectivity index is 1.87. The van der Waals surface area contributed by atoms with Gasteiger partial charge in [-0.05, 0) is 12.2 Å². The summed E-state index contributed by atoms with van der Waals surface area (Å²) in [6.45, 7) is 0.967. The van der Waals surface area contributed by atoms with Crippen LogP contribution < -0.4 is 5.32 Å². The van der Waals surface area contributed by atoms with Crippen LogP contribution in [0.2, 0.25) is 0 Å². The van der Waals surface area contributed by atoms with Crippen LogP contribution in [0.3, 0.4) is 0 Å². The van der Waals surface area contributed by atoms with Crippen LogP contribution >= 0.6 is 23.5 Å². The molecule has 2 rings (SSSR count). The predicted octanol–water partition coefficient (Wildman–Crippen LogP) is 0.655. The van der Waals surface area contributed by atoms with E-state index in [0.717, 1.165) is 30.2 Å². The maximum absolute atomic E-state index is 12.1. The van der Waals surface area contributed by atoms with Crippen molar-refractivity contribution in [2.75, 3.05) is 36.6 Å². The zero-order valence-electron chi connectivity index (χ0n) is 9.07. The first-order valence-corrected chi connectivity index (χ1v) is 7.75. The summed E-state index contributed by atoms with van der Waals surface area (Å²) in [5, 5.41) is 3.30. The fourth-order valence-corrected chi connectivity index (χ4v) is 4.17. The Morgan fingerprint density at radius 1 is 1.33 bits per heavy atom. The van der Waals surface area contributed by atoms with Gasteiger partial charge in [0.1, 0.15) is 0 Å². The van der Waals surface area contributed by atoms with Crippen LogP contribution in [0.4, 0.5) is 0 Å². The summed E-state index contributed by atoms with van der Waals surface area (Å²) in [6.07, 6.45) is 1.16. The van der Waals surface area contributed by atoms with Crippen molar-refractivity contribution in [3.63, 3.8) is 0 Å². The molecule has 0 aromatic carbocycles. The highest BCUT2D eigenvalue weighted by Crippen LogP contribution is 2.22. The molecule has 0 bridgehead atoms. The van der Waals surface area contributed by atoms with Crippen LogP contribution in [0.5, 0.6) is 0 Å². The van der Waals surface area contributed by atoms with E-state index < -0.39 is 0 Å². The Bertz CT molecular complexity index is 225. The van der Waals surface area contributed by atoms with Gasteiger partial charge in [-0.15, -0.1) is 0 Å². The lowest BCUT2D eigenvalue weighted by molar-refractivity contribution is -0.133. The zero-order chi connectivity index (χ0) is 10.7. The number of amides is 1. The number of nitrogens with one attached hydrogen (secondary N) is 1. The van der Waals surface area contributed by atoms with Crippen LogP contribution in [0.1, 0.15) is 6.42 Å². The van der Waals surface area contributed by atoms with E-state index in [1.54, 1.807) is 0 Å². The average Bonchev–Trinajstić information content (AvgIpc) is 2.82. The van der Waals surface area contributed by atoms with Gasteiger partial charge in [0.05, 0.1) is 6.04 Å². The summed E-state index contributed by atoms with van der Waals surface area (Å²) in [5.41, 5.74) is 0. The lowest BCUT2D eigenvalue weighted by Gasteiger charge is -2.30. The Labute approximate surface area is 99.7 Å². The quantitative estimate of drug-likeness (QED) is 0.776. The van der Waals surface area contributed by atoms with Crippen molar-refractivity contribution in [1.82, 2.24) is 10.2 Å². The van der Waals surface area contributed by atoms with Gasteiger partial charge in [0.25, 0.3) is 0 Å². The Morgan fingerprint density at radius 3 is 2.73 bits per heavy atom. The Hall–Kier alpha value is 0.130. The minimum Gasteiger partial charge on any atom is -0.341 e. The lowest BCUT2D eigenvalue weighted by Crippen LogP contribution is -2.52. The van der Waals surface area contributed by atoms with Crippen molar-refractivity contribution >= 4 is 29.4 Å². The summed E-state index contributed by atoms with van der Waals surface area (Å²) < 4.78 is 0. The van der Waals surface area contributed by atoms with Crippen molar-refractivity contribution in [1.29, 1.82) is 0 Å². The van der Waals surface area contributed by atoms with Crippen LogP contribution in [0, 0.1) is 0 Å². The van der Waals surface area contributed by atoms with E-state index in [-0.39, 0.29) is 11.9 Å². The van der Waals surface area contributed by atoms with Gasteiger partial charge in [0.2, 0.25) is 5.91 Å². The molecule has 2 atom stereocenters. The standard InChI is InChI=1S/C10H18N2OS2/c1-12(8-2-4-14-6-8)10(13)9-7-15-5-3-11-9/h8-9,11H,2-7H2,1H3. The van der Waals surface area contributed by atoms with Crippen LogP contribution in [-0.2, 0) is 4.79 Å². The van der Waals surface area contributed by atoms with Gasteiger partial charge in [-0.3, -0.25) is 4.79 Å². The molecule has 86 valence electrons. The average molecular weight is 246 g/mol. The van der Waals surface area contributed by atoms with Crippen molar-refractivity contribution in [3.05, 3.63) is 0 Å². The molecule has 2 fully saturated rings. The molecule has 2 aliphatic heterocycles. The number of hydrogen-bond acceptors (Lipinski definition) is 4. The van der Waals surface area contributed by atoms with Crippen LogP contribution in [0.15, 0.2) is 0 Å². The lowest BCUT2D eigenvalue weighted by atomic mass is 10.2. The molecule has 1 amide bonds. The summed E-state index contributed by atoms with van der Waals surface area (Å²) in [5.74, 6) is 4.67. The van der Waals surface area contributed by atoms with Gasteiger partial charge in [-0.1, -0.05) is 0 Å². The maximum atomic E-state index is 12.1.